The van der Waals surface area contributed by atoms with Gasteiger partial charge in [-0.3, -0.25) is 9.78 Å². The lowest BCUT2D eigenvalue weighted by Crippen LogP contribution is -2.35. The monoisotopic (exact) mass is 360 g/mol. The van der Waals surface area contributed by atoms with Crippen molar-refractivity contribution in [1.82, 2.24) is 15.3 Å². The van der Waals surface area contributed by atoms with E-state index in [1.165, 1.54) is 12.8 Å². The number of hydrogen-bond donors (Lipinski definition) is 1. The van der Waals surface area contributed by atoms with E-state index in [1.54, 1.807) is 12.4 Å². The molecule has 0 bridgehead atoms. The number of fused-ring (bicyclic) bond motifs is 1. The maximum absolute atomic E-state index is 13.0. The summed E-state index contributed by atoms with van der Waals surface area (Å²) in [7, 11) is 0. The average molecular weight is 360 g/mol. The predicted octanol–water partition coefficient (Wildman–Crippen LogP) is 3.80. The summed E-state index contributed by atoms with van der Waals surface area (Å²) < 4.78 is 0. The first-order valence-electron chi connectivity index (χ1n) is 9.52. The number of carbonyl (C=O) groups excluding carboxylic acids is 1. The molecule has 138 valence electrons. The SMILES string of the molecule is C[C@H]1CCCN(c2cc(C(=O)NCc3ccncc3)c3ccccc3n2)C1. The highest BCUT2D eigenvalue weighted by molar-refractivity contribution is 6.07. The lowest BCUT2D eigenvalue weighted by atomic mass is 10.00. The zero-order chi connectivity index (χ0) is 18.6. The van der Waals surface area contributed by atoms with Crippen LogP contribution in [0, 0.1) is 5.92 Å². The van der Waals surface area contributed by atoms with E-state index in [2.05, 4.69) is 22.1 Å². The summed E-state index contributed by atoms with van der Waals surface area (Å²) in [5.74, 6) is 1.47. The van der Waals surface area contributed by atoms with E-state index in [9.17, 15) is 4.79 Å². The van der Waals surface area contributed by atoms with Crippen LogP contribution >= 0.6 is 0 Å². The molecule has 0 radical (unpaired) electrons. The van der Waals surface area contributed by atoms with Gasteiger partial charge in [-0.15, -0.1) is 0 Å². The van der Waals surface area contributed by atoms with E-state index in [0.29, 0.717) is 18.0 Å². The van der Waals surface area contributed by atoms with E-state index in [4.69, 9.17) is 4.98 Å². The molecule has 1 aliphatic heterocycles. The van der Waals surface area contributed by atoms with E-state index in [-0.39, 0.29) is 5.91 Å². The molecule has 0 aliphatic carbocycles. The smallest absolute Gasteiger partial charge is 0.252 e. The molecule has 2 aromatic heterocycles. The van der Waals surface area contributed by atoms with Crippen LogP contribution < -0.4 is 10.2 Å². The van der Waals surface area contributed by atoms with Crippen molar-refractivity contribution in [2.24, 2.45) is 5.92 Å². The van der Waals surface area contributed by atoms with Gasteiger partial charge in [-0.1, -0.05) is 25.1 Å². The number of carbonyl (C=O) groups is 1. The molecule has 1 amide bonds. The Kier molecular flexibility index (Phi) is 5.01. The lowest BCUT2D eigenvalue weighted by molar-refractivity contribution is 0.0952. The van der Waals surface area contributed by atoms with Crippen molar-refractivity contribution in [2.45, 2.75) is 26.3 Å². The van der Waals surface area contributed by atoms with Crippen LogP contribution in [-0.2, 0) is 6.54 Å². The normalized spacial score (nSPS) is 17.1. The molecule has 1 saturated heterocycles. The number of amides is 1. The molecule has 1 N–H and O–H groups in total. The molecule has 5 nitrogen and oxygen atoms in total. The van der Waals surface area contributed by atoms with Crippen molar-refractivity contribution in [1.29, 1.82) is 0 Å². The summed E-state index contributed by atoms with van der Waals surface area (Å²) in [5.41, 5.74) is 2.58. The van der Waals surface area contributed by atoms with Gasteiger partial charge in [0.2, 0.25) is 0 Å². The van der Waals surface area contributed by atoms with Gasteiger partial charge in [-0.05, 0) is 48.6 Å². The van der Waals surface area contributed by atoms with Crippen molar-refractivity contribution in [3.05, 3.63) is 66.0 Å². The average Bonchev–Trinajstić information content (AvgIpc) is 2.72. The molecule has 1 atom stereocenters. The molecule has 3 aromatic rings. The highest BCUT2D eigenvalue weighted by Crippen LogP contribution is 2.26. The molecule has 0 saturated carbocycles. The van der Waals surface area contributed by atoms with Crippen LogP contribution in [0.25, 0.3) is 10.9 Å². The van der Waals surface area contributed by atoms with Gasteiger partial charge in [0.25, 0.3) is 5.91 Å². The first-order valence-corrected chi connectivity index (χ1v) is 9.52. The fourth-order valence-corrected chi connectivity index (χ4v) is 3.69. The van der Waals surface area contributed by atoms with Crippen LogP contribution in [-0.4, -0.2) is 29.0 Å². The number of anilines is 1. The Morgan fingerprint density at radius 2 is 2.04 bits per heavy atom. The Morgan fingerprint density at radius 1 is 1.22 bits per heavy atom. The van der Waals surface area contributed by atoms with Crippen molar-refractivity contribution < 1.29 is 4.79 Å². The number of hydrogen-bond acceptors (Lipinski definition) is 4. The molecule has 0 spiro atoms. The molecule has 1 aromatic carbocycles. The number of pyridine rings is 2. The number of benzene rings is 1. The first kappa shape index (κ1) is 17.5. The van der Waals surface area contributed by atoms with Crippen molar-refractivity contribution >= 4 is 22.6 Å². The largest absolute Gasteiger partial charge is 0.356 e. The number of nitrogens with zero attached hydrogens (tertiary/aromatic N) is 3. The van der Waals surface area contributed by atoms with E-state index in [0.717, 1.165) is 35.4 Å². The minimum absolute atomic E-state index is 0.0725. The van der Waals surface area contributed by atoms with Crippen LogP contribution in [0.2, 0.25) is 0 Å². The maximum atomic E-state index is 13.0. The Labute approximate surface area is 159 Å². The standard InChI is InChI=1S/C22H24N4O/c1-16-5-4-12-26(15-16)21-13-19(18-6-2-3-7-20(18)25-21)22(27)24-14-17-8-10-23-11-9-17/h2-3,6-11,13,16H,4-5,12,14-15H2,1H3,(H,24,27)/t16-/m0/s1. The van der Waals surface area contributed by atoms with Crippen molar-refractivity contribution in [3.8, 4) is 0 Å². The summed E-state index contributed by atoms with van der Waals surface area (Å²) in [6.45, 7) is 4.74. The third-order valence-corrected chi connectivity index (χ3v) is 5.13. The Morgan fingerprint density at radius 3 is 2.85 bits per heavy atom. The summed E-state index contributed by atoms with van der Waals surface area (Å²) in [5, 5.41) is 3.92. The highest BCUT2D eigenvalue weighted by atomic mass is 16.1. The van der Waals surface area contributed by atoms with Crippen molar-refractivity contribution in [3.63, 3.8) is 0 Å². The molecule has 0 unspecified atom stereocenters. The van der Waals surface area contributed by atoms with Crippen LogP contribution in [0.5, 0.6) is 0 Å². The number of rotatable bonds is 4. The summed E-state index contributed by atoms with van der Waals surface area (Å²) in [4.78, 5) is 24.1. The topological polar surface area (TPSA) is 58.1 Å². The zero-order valence-electron chi connectivity index (χ0n) is 15.6. The molecular weight excluding hydrogens is 336 g/mol. The molecule has 4 rings (SSSR count). The highest BCUT2D eigenvalue weighted by Gasteiger charge is 2.20. The third kappa shape index (κ3) is 3.92. The van der Waals surface area contributed by atoms with Gasteiger partial charge in [-0.2, -0.15) is 0 Å². The second-order valence-corrected chi connectivity index (χ2v) is 7.28. The molecule has 3 heterocycles. The Balaban J connectivity index is 1.64. The molecule has 27 heavy (non-hydrogen) atoms. The van der Waals surface area contributed by atoms with Crippen LogP contribution in [0.1, 0.15) is 35.7 Å². The van der Waals surface area contributed by atoms with Gasteiger partial charge in [0.1, 0.15) is 5.82 Å². The fourth-order valence-electron chi connectivity index (χ4n) is 3.69. The fraction of sp³-hybridized carbons (Fsp3) is 0.318. The second kappa shape index (κ2) is 7.74. The Bertz CT molecular complexity index is 941. The van der Waals surface area contributed by atoms with Gasteiger partial charge in [0.05, 0.1) is 11.1 Å². The third-order valence-electron chi connectivity index (χ3n) is 5.13. The first-order chi connectivity index (χ1) is 13.2. The minimum atomic E-state index is -0.0725. The minimum Gasteiger partial charge on any atom is -0.356 e. The summed E-state index contributed by atoms with van der Waals surface area (Å²) >= 11 is 0. The van der Waals surface area contributed by atoms with Crippen molar-refractivity contribution in [2.75, 3.05) is 18.0 Å². The summed E-state index contributed by atoms with van der Waals surface area (Å²) in [6, 6.07) is 13.6. The summed E-state index contributed by atoms with van der Waals surface area (Å²) in [6.07, 6.45) is 5.89. The van der Waals surface area contributed by atoms with Crippen LogP contribution in [0.15, 0.2) is 54.9 Å². The number of nitrogens with one attached hydrogen (secondary N) is 1. The number of aromatic nitrogens is 2. The van der Waals surface area contributed by atoms with Gasteiger partial charge in [-0.25, -0.2) is 4.98 Å². The van der Waals surface area contributed by atoms with E-state index in [1.807, 2.05) is 42.5 Å². The van der Waals surface area contributed by atoms with Gasteiger partial charge < -0.3 is 10.2 Å². The zero-order valence-corrected chi connectivity index (χ0v) is 15.6. The van der Waals surface area contributed by atoms with Gasteiger partial charge >= 0.3 is 0 Å². The lowest BCUT2D eigenvalue weighted by Gasteiger charge is -2.32. The molecule has 1 aliphatic rings. The molecular formula is C22H24N4O. The quantitative estimate of drug-likeness (QED) is 0.769. The van der Waals surface area contributed by atoms with E-state index < -0.39 is 0 Å². The Hall–Kier alpha value is -2.95. The van der Waals surface area contributed by atoms with Gasteiger partial charge in [0.15, 0.2) is 0 Å². The second-order valence-electron chi connectivity index (χ2n) is 7.28. The number of para-hydroxylation sites is 1. The van der Waals surface area contributed by atoms with Gasteiger partial charge in [0, 0.05) is 37.4 Å². The maximum Gasteiger partial charge on any atom is 0.252 e. The number of piperidine rings is 1. The molecule has 5 heteroatoms. The van der Waals surface area contributed by atoms with Crippen LogP contribution in [0.3, 0.4) is 0 Å². The van der Waals surface area contributed by atoms with Crippen LogP contribution in [0.4, 0.5) is 5.82 Å². The predicted molar refractivity (Wildman–Crippen MR) is 108 cm³/mol. The molecule has 1 fully saturated rings. The van der Waals surface area contributed by atoms with E-state index >= 15 is 0 Å².